The van der Waals surface area contributed by atoms with Crippen LogP contribution in [0.4, 0.5) is 16.4 Å². The van der Waals surface area contributed by atoms with E-state index < -0.39 is 18.1 Å². The van der Waals surface area contributed by atoms with Crippen LogP contribution < -0.4 is 49.6 Å². The van der Waals surface area contributed by atoms with E-state index in [1.165, 1.54) is 0 Å². The molecule has 1 aliphatic heterocycles. The van der Waals surface area contributed by atoms with E-state index >= 15 is 0 Å². The average Bonchev–Trinajstić information content (AvgIpc) is 2.61. The van der Waals surface area contributed by atoms with Crippen molar-refractivity contribution < 1.29 is 49.0 Å². The number of carbonyl (C=O) groups is 2. The molecule has 3 rings (SSSR count). The minimum Gasteiger partial charge on any atom is -0.548 e. The molecule has 2 heterocycles. The van der Waals surface area contributed by atoms with Crippen molar-refractivity contribution in [3.8, 4) is 5.75 Å². The number of ether oxygens (including phenoxy) is 1. The number of benzene rings is 1. The molecule has 0 bridgehead atoms. The maximum absolute atomic E-state index is 12.1. The van der Waals surface area contributed by atoms with Gasteiger partial charge in [-0.25, -0.2) is 4.79 Å². The molecule has 1 aliphatic rings. The molecule has 1 aromatic heterocycles. The van der Waals surface area contributed by atoms with Gasteiger partial charge in [0.15, 0.2) is 4.77 Å². The van der Waals surface area contributed by atoms with Crippen LogP contribution in [-0.2, 0) is 4.79 Å². The molecule has 2 aromatic rings. The van der Waals surface area contributed by atoms with Crippen LogP contribution in [0, 0.1) is 9.54 Å². The zero-order chi connectivity index (χ0) is 19.4. The Morgan fingerprint density at radius 1 is 1.29 bits per heavy atom. The fraction of sp³-hybridized carbons (Fsp3) is 0.312. The quantitative estimate of drug-likeness (QED) is 0.414. The smallest absolute Gasteiger partial charge is 0.548 e. The standard InChI is InChI=1S/C16H17N5O4S2.Na/c22-12(23)11-6-1-2-7-21(11)9-4-3-5-10(8-9)25-16(24)19-13-17-14(26)20-15(27)18-13;/h3-5,8,11H,1-2,6-7H2,(H,22,23)(H3,17,18,19,20,24,26,27);/q;+1/p-1. The van der Waals surface area contributed by atoms with Gasteiger partial charge in [0.2, 0.25) is 10.7 Å². The fourth-order valence-electron chi connectivity index (χ4n) is 2.89. The van der Waals surface area contributed by atoms with Gasteiger partial charge in [0, 0.05) is 18.3 Å². The van der Waals surface area contributed by atoms with Crippen LogP contribution in [0.2, 0.25) is 0 Å². The number of hydrogen-bond acceptors (Lipinski definition) is 8. The second kappa shape index (κ2) is 10.1. The van der Waals surface area contributed by atoms with E-state index in [1.807, 2.05) is 0 Å². The van der Waals surface area contributed by atoms with Gasteiger partial charge >= 0.3 is 35.7 Å². The number of amides is 1. The molecule has 28 heavy (non-hydrogen) atoms. The maximum Gasteiger partial charge on any atom is 1.00 e. The predicted molar refractivity (Wildman–Crippen MR) is 101 cm³/mol. The van der Waals surface area contributed by atoms with Crippen molar-refractivity contribution in [1.29, 1.82) is 0 Å². The number of carbonyl (C=O) groups excluding carboxylic acids is 2. The molecule has 0 saturated carbocycles. The number of anilines is 2. The summed E-state index contributed by atoms with van der Waals surface area (Å²) < 4.78 is 5.58. The molecule has 0 radical (unpaired) electrons. The van der Waals surface area contributed by atoms with E-state index in [1.54, 1.807) is 29.2 Å². The van der Waals surface area contributed by atoms with E-state index in [-0.39, 0.29) is 50.8 Å². The molecule has 1 aromatic carbocycles. The third-order valence-electron chi connectivity index (χ3n) is 4.02. The maximum atomic E-state index is 12.1. The Hall–Kier alpha value is -1.79. The first-order chi connectivity index (χ1) is 12.9. The minimum atomic E-state index is -1.11. The summed E-state index contributed by atoms with van der Waals surface area (Å²) >= 11 is 9.81. The number of hydrogen-bond donors (Lipinski definition) is 3. The number of piperidine rings is 1. The number of rotatable bonds is 4. The van der Waals surface area contributed by atoms with Gasteiger partial charge in [-0.2, -0.15) is 4.98 Å². The molecular weight excluding hydrogens is 413 g/mol. The number of nitrogens with one attached hydrogen (secondary N) is 3. The molecule has 1 fully saturated rings. The molecule has 142 valence electrons. The molecule has 12 heteroatoms. The molecule has 0 spiro atoms. The summed E-state index contributed by atoms with van der Waals surface area (Å²) in [6.45, 7) is 0.594. The van der Waals surface area contributed by atoms with Crippen molar-refractivity contribution in [3.05, 3.63) is 33.8 Å². The van der Waals surface area contributed by atoms with Gasteiger partial charge in [0.25, 0.3) is 0 Å². The van der Waals surface area contributed by atoms with Gasteiger partial charge < -0.3 is 29.5 Å². The van der Waals surface area contributed by atoms with Crippen molar-refractivity contribution in [2.24, 2.45) is 0 Å². The zero-order valence-electron chi connectivity index (χ0n) is 15.1. The third-order valence-corrected chi connectivity index (χ3v) is 4.42. The number of carboxylic acids is 1. The first-order valence-corrected chi connectivity index (χ1v) is 9.01. The fourth-order valence-corrected chi connectivity index (χ4v) is 3.34. The van der Waals surface area contributed by atoms with Crippen LogP contribution in [0.25, 0.3) is 0 Å². The van der Waals surface area contributed by atoms with E-state index in [0.717, 1.165) is 12.8 Å². The summed E-state index contributed by atoms with van der Waals surface area (Å²) in [6, 6.07) is 5.95. The molecule has 0 aliphatic carbocycles. The predicted octanol–water partition coefficient (Wildman–Crippen LogP) is -1.08. The Labute approximate surface area is 192 Å². The van der Waals surface area contributed by atoms with Crippen molar-refractivity contribution in [2.75, 3.05) is 16.8 Å². The van der Waals surface area contributed by atoms with Crippen LogP contribution in [0.5, 0.6) is 5.75 Å². The summed E-state index contributed by atoms with van der Waals surface area (Å²) in [6.07, 6.45) is 1.45. The van der Waals surface area contributed by atoms with E-state index in [4.69, 9.17) is 29.2 Å². The molecule has 1 amide bonds. The van der Waals surface area contributed by atoms with Crippen molar-refractivity contribution in [3.63, 3.8) is 0 Å². The van der Waals surface area contributed by atoms with Crippen LogP contribution in [0.1, 0.15) is 19.3 Å². The summed E-state index contributed by atoms with van der Waals surface area (Å²) in [7, 11) is 0. The van der Waals surface area contributed by atoms with Crippen LogP contribution in [-0.4, -0.2) is 39.6 Å². The number of aliphatic carboxylic acids is 1. The Morgan fingerprint density at radius 3 is 2.79 bits per heavy atom. The second-order valence-electron chi connectivity index (χ2n) is 5.88. The summed E-state index contributed by atoms with van der Waals surface area (Å²) in [5, 5.41) is 13.8. The molecular formula is C16H16N5NaO4S2. The largest absolute Gasteiger partial charge is 1.00 e. The van der Waals surface area contributed by atoms with E-state index in [2.05, 4.69) is 20.3 Å². The topological polar surface area (TPSA) is 126 Å². The number of aromatic amines is 2. The number of H-pyrrole nitrogens is 2. The monoisotopic (exact) mass is 429 g/mol. The summed E-state index contributed by atoms with van der Waals surface area (Å²) in [4.78, 5) is 34.3. The Morgan fingerprint density at radius 2 is 2.07 bits per heavy atom. The SMILES string of the molecule is O=C(Nc1nc(=S)[nH]c(=S)[nH]1)Oc1cccc(N2CCCCC2C(=O)[O-])c1.[Na+]. The number of carboxylic acid groups (broad SMARTS) is 1. The van der Waals surface area contributed by atoms with Crippen LogP contribution >= 0.6 is 24.4 Å². The minimum absolute atomic E-state index is 0. The van der Waals surface area contributed by atoms with Gasteiger partial charge in [0.05, 0.1) is 12.0 Å². The van der Waals surface area contributed by atoms with Gasteiger partial charge in [0.1, 0.15) is 5.75 Å². The zero-order valence-corrected chi connectivity index (χ0v) is 18.7. The van der Waals surface area contributed by atoms with Gasteiger partial charge in [-0.1, -0.05) is 6.07 Å². The number of aromatic nitrogens is 3. The van der Waals surface area contributed by atoms with Gasteiger partial charge in [-0.05, 0) is 55.8 Å². The summed E-state index contributed by atoms with van der Waals surface area (Å²) in [5.74, 6) is -0.800. The second-order valence-corrected chi connectivity index (χ2v) is 6.68. The Bertz CT molecular complexity index is 951. The first kappa shape index (κ1) is 22.5. The molecule has 9 nitrogen and oxygen atoms in total. The van der Waals surface area contributed by atoms with Crippen molar-refractivity contribution in [1.82, 2.24) is 15.0 Å². The Balaban J connectivity index is 0.00000280. The average molecular weight is 429 g/mol. The third kappa shape index (κ3) is 5.85. The van der Waals surface area contributed by atoms with E-state index in [0.29, 0.717) is 18.7 Å². The van der Waals surface area contributed by atoms with Gasteiger partial charge in [-0.15, -0.1) is 0 Å². The van der Waals surface area contributed by atoms with Crippen molar-refractivity contribution in [2.45, 2.75) is 25.3 Å². The number of nitrogens with zero attached hydrogens (tertiary/aromatic N) is 2. The van der Waals surface area contributed by atoms with Crippen LogP contribution in [0.3, 0.4) is 0 Å². The van der Waals surface area contributed by atoms with Crippen LogP contribution in [0.15, 0.2) is 24.3 Å². The first-order valence-electron chi connectivity index (χ1n) is 8.19. The van der Waals surface area contributed by atoms with E-state index in [9.17, 15) is 14.7 Å². The molecule has 1 atom stereocenters. The summed E-state index contributed by atoms with van der Waals surface area (Å²) in [5.41, 5.74) is 0.647. The van der Waals surface area contributed by atoms with Gasteiger partial charge in [-0.3, -0.25) is 5.32 Å². The normalized spacial score (nSPS) is 16.0. The Kier molecular flexibility index (Phi) is 8.13. The molecule has 3 N–H and O–H groups in total. The molecule has 1 unspecified atom stereocenters. The van der Waals surface area contributed by atoms with Crippen molar-refractivity contribution >= 4 is 48.1 Å². The molecule has 1 saturated heterocycles.